The molecule has 1 aromatic rings. The molecule has 2 amide bonds. The Labute approximate surface area is 147 Å². The molecule has 0 radical (unpaired) electrons. The largest absolute Gasteiger partial charge is 0.454 e. The molecule has 1 fully saturated rings. The highest BCUT2D eigenvalue weighted by atomic mass is 16.7. The van der Waals surface area contributed by atoms with Crippen molar-refractivity contribution < 1.29 is 19.1 Å². The van der Waals surface area contributed by atoms with Crippen molar-refractivity contribution >= 4 is 11.8 Å². The summed E-state index contributed by atoms with van der Waals surface area (Å²) in [4.78, 5) is 28.7. The number of carbonyl (C=O) groups is 2. The lowest BCUT2D eigenvalue weighted by Crippen LogP contribution is -2.44. The van der Waals surface area contributed by atoms with E-state index in [-0.39, 0.29) is 24.5 Å². The molecule has 0 aliphatic carbocycles. The van der Waals surface area contributed by atoms with Gasteiger partial charge in [-0.15, -0.1) is 0 Å². The molecule has 1 aromatic carbocycles. The quantitative estimate of drug-likeness (QED) is 0.859. The van der Waals surface area contributed by atoms with Crippen LogP contribution in [0.15, 0.2) is 18.2 Å². The van der Waals surface area contributed by atoms with Crippen LogP contribution in [0, 0.1) is 5.92 Å². The van der Waals surface area contributed by atoms with Crippen molar-refractivity contribution in [3.63, 3.8) is 0 Å². The number of ether oxygens (including phenoxy) is 2. The van der Waals surface area contributed by atoms with Crippen molar-refractivity contribution in [3.05, 3.63) is 23.8 Å². The van der Waals surface area contributed by atoms with Gasteiger partial charge in [-0.2, -0.15) is 0 Å². The minimum absolute atomic E-state index is 0.0111. The van der Waals surface area contributed by atoms with Gasteiger partial charge in [0.15, 0.2) is 11.5 Å². The Hall–Kier alpha value is -2.28. The Kier molecular flexibility index (Phi) is 5.43. The highest BCUT2D eigenvalue weighted by Crippen LogP contribution is 2.33. The second-order valence-corrected chi connectivity index (χ2v) is 6.73. The minimum Gasteiger partial charge on any atom is -0.454 e. The molecular formula is C18H25N3O4. The van der Waals surface area contributed by atoms with E-state index < -0.39 is 0 Å². The summed E-state index contributed by atoms with van der Waals surface area (Å²) in [5, 5.41) is 2.97. The summed E-state index contributed by atoms with van der Waals surface area (Å²) >= 11 is 0. The zero-order chi connectivity index (χ0) is 17.8. The second-order valence-electron chi connectivity index (χ2n) is 6.73. The van der Waals surface area contributed by atoms with E-state index in [9.17, 15) is 9.59 Å². The summed E-state index contributed by atoms with van der Waals surface area (Å²) in [6, 6.07) is 5.25. The summed E-state index contributed by atoms with van der Waals surface area (Å²) < 4.78 is 10.6. The van der Waals surface area contributed by atoms with Gasteiger partial charge < -0.3 is 24.6 Å². The number of likely N-dealkylation sites (tertiary alicyclic amines) is 1. The Morgan fingerprint density at radius 3 is 2.64 bits per heavy atom. The van der Waals surface area contributed by atoms with E-state index in [4.69, 9.17) is 9.47 Å². The number of fused-ring (bicyclic) bond motifs is 1. The van der Waals surface area contributed by atoms with Gasteiger partial charge in [0, 0.05) is 37.7 Å². The van der Waals surface area contributed by atoms with Crippen molar-refractivity contribution in [1.82, 2.24) is 15.1 Å². The van der Waals surface area contributed by atoms with Crippen LogP contribution >= 0.6 is 0 Å². The van der Waals surface area contributed by atoms with Gasteiger partial charge >= 0.3 is 0 Å². The maximum Gasteiger partial charge on any atom is 0.253 e. The van der Waals surface area contributed by atoms with Gasteiger partial charge in [-0.25, -0.2) is 0 Å². The smallest absolute Gasteiger partial charge is 0.253 e. The SMILES string of the molecule is CN(C)CCNC(=O)C1CCN(C(=O)c2ccc3c(c2)OCO3)CC1. The number of likely N-dealkylation sites (N-methyl/N-ethyl adjacent to an activating group) is 1. The van der Waals surface area contributed by atoms with Gasteiger partial charge in [-0.05, 0) is 45.1 Å². The highest BCUT2D eigenvalue weighted by molar-refractivity contribution is 5.95. The minimum atomic E-state index is -0.0234. The predicted octanol–water partition coefficient (Wildman–Crippen LogP) is 0.945. The molecule has 0 saturated carbocycles. The molecular weight excluding hydrogens is 322 g/mol. The van der Waals surface area contributed by atoms with Crippen LogP contribution in [-0.4, -0.2) is 68.7 Å². The fourth-order valence-electron chi connectivity index (χ4n) is 3.10. The first-order chi connectivity index (χ1) is 12.0. The van der Waals surface area contributed by atoms with E-state index in [1.807, 2.05) is 19.0 Å². The first-order valence-corrected chi connectivity index (χ1v) is 8.66. The molecule has 25 heavy (non-hydrogen) atoms. The summed E-state index contributed by atoms with van der Waals surface area (Å²) in [6.45, 7) is 2.87. The molecule has 1 N–H and O–H groups in total. The van der Waals surface area contributed by atoms with Crippen molar-refractivity contribution in [2.75, 3.05) is 47.1 Å². The zero-order valence-corrected chi connectivity index (χ0v) is 14.8. The molecule has 0 spiro atoms. The van der Waals surface area contributed by atoms with Crippen LogP contribution in [0.5, 0.6) is 11.5 Å². The fraction of sp³-hybridized carbons (Fsp3) is 0.556. The van der Waals surface area contributed by atoms with E-state index >= 15 is 0 Å². The Balaban J connectivity index is 1.50. The maximum absolute atomic E-state index is 12.6. The third kappa shape index (κ3) is 4.22. The molecule has 136 valence electrons. The lowest BCUT2D eigenvalue weighted by atomic mass is 9.95. The van der Waals surface area contributed by atoms with Gasteiger partial charge in [0.25, 0.3) is 5.91 Å². The number of hydrogen-bond acceptors (Lipinski definition) is 5. The van der Waals surface area contributed by atoms with Crippen LogP contribution in [0.4, 0.5) is 0 Å². The summed E-state index contributed by atoms with van der Waals surface area (Å²) in [7, 11) is 3.96. The Morgan fingerprint density at radius 2 is 1.92 bits per heavy atom. The molecule has 0 bridgehead atoms. The van der Waals surface area contributed by atoms with Crippen molar-refractivity contribution in [2.24, 2.45) is 5.92 Å². The van der Waals surface area contributed by atoms with E-state index in [0.29, 0.717) is 49.5 Å². The average Bonchev–Trinajstić information content (AvgIpc) is 3.08. The number of amides is 2. The van der Waals surface area contributed by atoms with Crippen LogP contribution < -0.4 is 14.8 Å². The van der Waals surface area contributed by atoms with E-state index in [2.05, 4.69) is 5.32 Å². The van der Waals surface area contributed by atoms with Crippen LogP contribution in [-0.2, 0) is 4.79 Å². The third-order valence-electron chi connectivity index (χ3n) is 4.63. The average molecular weight is 347 g/mol. The molecule has 0 atom stereocenters. The summed E-state index contributed by atoms with van der Waals surface area (Å²) in [6.07, 6.45) is 1.40. The molecule has 0 aromatic heterocycles. The maximum atomic E-state index is 12.6. The first kappa shape index (κ1) is 17.5. The van der Waals surface area contributed by atoms with E-state index in [0.717, 1.165) is 6.54 Å². The number of hydrogen-bond donors (Lipinski definition) is 1. The monoisotopic (exact) mass is 347 g/mol. The van der Waals surface area contributed by atoms with E-state index in [1.165, 1.54) is 0 Å². The van der Waals surface area contributed by atoms with Crippen molar-refractivity contribution in [3.8, 4) is 11.5 Å². The fourth-order valence-corrected chi connectivity index (χ4v) is 3.10. The Morgan fingerprint density at radius 1 is 1.20 bits per heavy atom. The molecule has 7 nitrogen and oxygen atoms in total. The van der Waals surface area contributed by atoms with Crippen LogP contribution in [0.3, 0.4) is 0 Å². The summed E-state index contributed by atoms with van der Waals surface area (Å²) in [5.41, 5.74) is 0.595. The Bertz CT molecular complexity index is 639. The number of nitrogens with zero attached hydrogens (tertiary/aromatic N) is 2. The van der Waals surface area contributed by atoms with Crippen LogP contribution in [0.1, 0.15) is 23.2 Å². The number of rotatable bonds is 5. The molecule has 2 aliphatic rings. The second kappa shape index (κ2) is 7.74. The van der Waals surface area contributed by atoms with Gasteiger partial charge in [0.1, 0.15) is 0 Å². The normalized spacial score (nSPS) is 17.0. The van der Waals surface area contributed by atoms with E-state index in [1.54, 1.807) is 23.1 Å². The van der Waals surface area contributed by atoms with Gasteiger partial charge in [-0.3, -0.25) is 9.59 Å². The van der Waals surface area contributed by atoms with Gasteiger partial charge in [0.2, 0.25) is 12.7 Å². The molecule has 2 heterocycles. The number of piperidine rings is 1. The molecule has 1 saturated heterocycles. The van der Waals surface area contributed by atoms with Crippen molar-refractivity contribution in [2.45, 2.75) is 12.8 Å². The third-order valence-corrected chi connectivity index (χ3v) is 4.63. The topological polar surface area (TPSA) is 71.1 Å². The van der Waals surface area contributed by atoms with Crippen LogP contribution in [0.25, 0.3) is 0 Å². The zero-order valence-electron chi connectivity index (χ0n) is 14.8. The van der Waals surface area contributed by atoms with Gasteiger partial charge in [-0.1, -0.05) is 0 Å². The molecule has 7 heteroatoms. The number of benzene rings is 1. The standard InChI is InChI=1S/C18H25N3O4/c1-20(2)10-7-19-17(22)13-5-8-21(9-6-13)18(23)14-3-4-15-16(11-14)25-12-24-15/h3-4,11,13H,5-10,12H2,1-2H3,(H,19,22). The number of nitrogens with one attached hydrogen (secondary N) is 1. The lowest BCUT2D eigenvalue weighted by Gasteiger charge is -2.31. The van der Waals surface area contributed by atoms with Crippen molar-refractivity contribution in [1.29, 1.82) is 0 Å². The van der Waals surface area contributed by atoms with Crippen LogP contribution in [0.2, 0.25) is 0 Å². The predicted molar refractivity (Wildman–Crippen MR) is 92.8 cm³/mol. The molecule has 2 aliphatic heterocycles. The lowest BCUT2D eigenvalue weighted by molar-refractivity contribution is -0.126. The molecule has 3 rings (SSSR count). The summed E-state index contributed by atoms with van der Waals surface area (Å²) in [5.74, 6) is 1.34. The molecule has 0 unspecified atom stereocenters. The number of carbonyl (C=O) groups excluding carboxylic acids is 2. The van der Waals surface area contributed by atoms with Gasteiger partial charge in [0.05, 0.1) is 0 Å². The first-order valence-electron chi connectivity index (χ1n) is 8.66. The highest BCUT2D eigenvalue weighted by Gasteiger charge is 2.28.